The number of hydrogen-bond acceptors (Lipinski definition) is 4. The van der Waals surface area contributed by atoms with E-state index in [2.05, 4.69) is 5.32 Å². The molecule has 20 heavy (non-hydrogen) atoms. The van der Waals surface area contributed by atoms with Crippen LogP contribution in [-0.2, 0) is 4.74 Å². The molecule has 0 spiro atoms. The van der Waals surface area contributed by atoms with E-state index in [9.17, 15) is 0 Å². The molecule has 0 bridgehead atoms. The molecule has 1 fully saturated rings. The monoisotopic (exact) mass is 294 g/mol. The quantitative estimate of drug-likeness (QED) is 0.876. The molecule has 1 aliphatic rings. The number of benzene rings is 1. The van der Waals surface area contributed by atoms with E-state index in [1.54, 1.807) is 18.2 Å². The van der Waals surface area contributed by atoms with Gasteiger partial charge in [-0.3, -0.25) is 0 Å². The maximum atomic E-state index is 8.88. The maximum absolute atomic E-state index is 8.88. The van der Waals surface area contributed by atoms with E-state index < -0.39 is 0 Å². The van der Waals surface area contributed by atoms with Crippen LogP contribution in [0.25, 0.3) is 0 Å². The molecule has 0 amide bonds. The van der Waals surface area contributed by atoms with E-state index in [1.807, 2.05) is 13.0 Å². The average molecular weight is 295 g/mol. The van der Waals surface area contributed by atoms with Gasteiger partial charge in [0.05, 0.1) is 17.2 Å². The average Bonchev–Trinajstić information content (AvgIpc) is 2.97. The van der Waals surface area contributed by atoms with Crippen molar-refractivity contribution in [3.63, 3.8) is 0 Å². The minimum Gasteiger partial charge on any atom is -0.488 e. The van der Waals surface area contributed by atoms with Crippen molar-refractivity contribution in [2.45, 2.75) is 19.4 Å². The molecule has 108 valence electrons. The Labute approximate surface area is 124 Å². The Hall–Kier alpha value is -1.28. The molecule has 1 unspecified atom stereocenters. The van der Waals surface area contributed by atoms with Crippen LogP contribution < -0.4 is 10.1 Å². The van der Waals surface area contributed by atoms with Gasteiger partial charge >= 0.3 is 0 Å². The molecule has 2 rings (SSSR count). The van der Waals surface area contributed by atoms with Gasteiger partial charge in [-0.2, -0.15) is 5.26 Å². The molecule has 1 N–H and O–H groups in total. The van der Waals surface area contributed by atoms with E-state index in [0.717, 1.165) is 19.5 Å². The van der Waals surface area contributed by atoms with Crippen molar-refractivity contribution in [1.82, 2.24) is 5.32 Å². The minimum atomic E-state index is 0.00829. The van der Waals surface area contributed by atoms with Gasteiger partial charge in [0.25, 0.3) is 0 Å². The highest BCUT2D eigenvalue weighted by molar-refractivity contribution is 6.31. The Morgan fingerprint density at radius 1 is 1.55 bits per heavy atom. The zero-order valence-electron chi connectivity index (χ0n) is 11.6. The summed E-state index contributed by atoms with van der Waals surface area (Å²) in [5, 5.41) is 12.6. The molecule has 2 atom stereocenters. The lowest BCUT2D eigenvalue weighted by atomic mass is 10.0. The van der Waals surface area contributed by atoms with Crippen molar-refractivity contribution in [3.05, 3.63) is 28.8 Å². The summed E-state index contributed by atoms with van der Waals surface area (Å²) in [6, 6.07) is 7.21. The summed E-state index contributed by atoms with van der Waals surface area (Å²) in [6.45, 7) is 5.18. The van der Waals surface area contributed by atoms with Gasteiger partial charge in [0.1, 0.15) is 17.9 Å². The Bertz CT molecular complexity index is 481. The van der Waals surface area contributed by atoms with Crippen molar-refractivity contribution in [1.29, 1.82) is 5.26 Å². The Kier molecular flexibility index (Phi) is 5.66. The normalized spacial score (nSPS) is 19.6. The molecule has 1 saturated heterocycles. The third-order valence-electron chi connectivity index (χ3n) is 3.46. The van der Waals surface area contributed by atoms with Crippen LogP contribution in [0.5, 0.6) is 5.75 Å². The van der Waals surface area contributed by atoms with Gasteiger partial charge in [-0.05, 0) is 32.0 Å². The van der Waals surface area contributed by atoms with Crippen LogP contribution in [0.2, 0.25) is 5.02 Å². The van der Waals surface area contributed by atoms with Gasteiger partial charge in [0.15, 0.2) is 0 Å². The topological polar surface area (TPSA) is 54.3 Å². The number of nitrogens with one attached hydrogen (secondary N) is 1. The molecule has 0 aliphatic carbocycles. The summed E-state index contributed by atoms with van der Waals surface area (Å²) < 4.78 is 11.5. The number of rotatable bonds is 6. The van der Waals surface area contributed by atoms with Crippen molar-refractivity contribution in [3.8, 4) is 11.8 Å². The minimum absolute atomic E-state index is 0.00829. The highest BCUT2D eigenvalue weighted by atomic mass is 35.5. The number of hydrogen-bond donors (Lipinski definition) is 1. The fourth-order valence-corrected chi connectivity index (χ4v) is 2.54. The first kappa shape index (κ1) is 15.1. The largest absolute Gasteiger partial charge is 0.488 e. The Balaban J connectivity index is 2.06. The van der Waals surface area contributed by atoms with Crippen LogP contribution in [0.3, 0.4) is 0 Å². The van der Waals surface area contributed by atoms with Gasteiger partial charge in [-0.1, -0.05) is 11.6 Å². The summed E-state index contributed by atoms with van der Waals surface area (Å²) in [7, 11) is 0. The fraction of sp³-hybridized carbons (Fsp3) is 0.533. The van der Waals surface area contributed by atoms with Crippen molar-refractivity contribution >= 4 is 11.6 Å². The Morgan fingerprint density at radius 3 is 3.00 bits per heavy atom. The zero-order chi connectivity index (χ0) is 14.4. The van der Waals surface area contributed by atoms with Gasteiger partial charge in [-0.25, -0.2) is 0 Å². The second kappa shape index (κ2) is 7.49. The number of nitrogens with zero attached hydrogens (tertiary/aromatic N) is 1. The summed E-state index contributed by atoms with van der Waals surface area (Å²) >= 11 is 6.03. The Morgan fingerprint density at radius 2 is 2.40 bits per heavy atom. The fourth-order valence-electron chi connectivity index (χ4n) is 2.33. The van der Waals surface area contributed by atoms with E-state index in [-0.39, 0.29) is 6.10 Å². The molecule has 5 heteroatoms. The van der Waals surface area contributed by atoms with Crippen LogP contribution in [0, 0.1) is 17.2 Å². The van der Waals surface area contributed by atoms with E-state index in [0.29, 0.717) is 35.5 Å². The van der Waals surface area contributed by atoms with Crippen molar-refractivity contribution in [2.75, 3.05) is 26.3 Å². The lowest BCUT2D eigenvalue weighted by Crippen LogP contribution is -2.33. The van der Waals surface area contributed by atoms with E-state index in [4.69, 9.17) is 26.3 Å². The summed E-state index contributed by atoms with van der Waals surface area (Å²) in [4.78, 5) is 0. The van der Waals surface area contributed by atoms with Crippen LogP contribution >= 0.6 is 11.6 Å². The second-order valence-electron chi connectivity index (χ2n) is 4.82. The first-order valence-corrected chi connectivity index (χ1v) is 7.27. The zero-order valence-corrected chi connectivity index (χ0v) is 12.3. The molecule has 1 aliphatic heterocycles. The van der Waals surface area contributed by atoms with Crippen LogP contribution in [0.1, 0.15) is 18.9 Å². The van der Waals surface area contributed by atoms with Gasteiger partial charge in [0, 0.05) is 25.1 Å². The van der Waals surface area contributed by atoms with Gasteiger partial charge < -0.3 is 14.8 Å². The number of halogens is 1. The SMILES string of the molecule is CCOC[C@@H](Oc1ccc(C#N)c(Cl)c1)C1CCNC1. The first-order chi connectivity index (χ1) is 9.74. The molecule has 1 heterocycles. The molecular weight excluding hydrogens is 276 g/mol. The highest BCUT2D eigenvalue weighted by Gasteiger charge is 2.26. The standard InChI is InChI=1S/C15H19ClN2O2/c1-2-19-10-15(12-5-6-18-9-12)20-13-4-3-11(8-17)14(16)7-13/h3-4,7,12,15,18H,2,5-6,9-10H2,1H3/t12?,15-/m1/s1. The molecule has 4 nitrogen and oxygen atoms in total. The van der Waals surface area contributed by atoms with Crippen LogP contribution in [-0.4, -0.2) is 32.4 Å². The second-order valence-corrected chi connectivity index (χ2v) is 5.23. The summed E-state index contributed by atoms with van der Waals surface area (Å²) in [6.07, 6.45) is 1.09. The predicted molar refractivity (Wildman–Crippen MR) is 78.1 cm³/mol. The van der Waals surface area contributed by atoms with Crippen LogP contribution in [0.4, 0.5) is 0 Å². The third-order valence-corrected chi connectivity index (χ3v) is 3.77. The molecule has 1 aromatic carbocycles. The van der Waals surface area contributed by atoms with E-state index >= 15 is 0 Å². The predicted octanol–water partition coefficient (Wildman–Crippen LogP) is 2.61. The van der Waals surface area contributed by atoms with Gasteiger partial charge in [-0.15, -0.1) is 0 Å². The summed E-state index contributed by atoms with van der Waals surface area (Å²) in [5.41, 5.74) is 0.461. The molecule has 0 radical (unpaired) electrons. The molecule has 1 aromatic rings. The van der Waals surface area contributed by atoms with E-state index in [1.165, 1.54) is 0 Å². The first-order valence-electron chi connectivity index (χ1n) is 6.89. The molecule has 0 aromatic heterocycles. The highest BCUT2D eigenvalue weighted by Crippen LogP contribution is 2.25. The van der Waals surface area contributed by atoms with Crippen LogP contribution in [0.15, 0.2) is 18.2 Å². The number of ether oxygens (including phenoxy) is 2. The van der Waals surface area contributed by atoms with Gasteiger partial charge in [0.2, 0.25) is 0 Å². The smallest absolute Gasteiger partial charge is 0.126 e. The summed E-state index contributed by atoms with van der Waals surface area (Å²) in [5.74, 6) is 1.13. The lowest BCUT2D eigenvalue weighted by Gasteiger charge is -2.24. The van der Waals surface area contributed by atoms with Crippen molar-refractivity contribution in [2.24, 2.45) is 5.92 Å². The maximum Gasteiger partial charge on any atom is 0.126 e. The van der Waals surface area contributed by atoms with Crippen molar-refractivity contribution < 1.29 is 9.47 Å². The molecule has 0 saturated carbocycles. The number of nitriles is 1. The molecular formula is C15H19ClN2O2. The lowest BCUT2D eigenvalue weighted by molar-refractivity contribution is 0.0291. The third kappa shape index (κ3) is 3.86.